The number of hydrogen-bond acceptors (Lipinski definition) is 8. The zero-order chi connectivity index (χ0) is 23.7. The molecule has 34 heavy (non-hydrogen) atoms. The summed E-state index contributed by atoms with van der Waals surface area (Å²) in [6.07, 6.45) is 0.153. The van der Waals surface area contributed by atoms with Crippen LogP contribution in [0.15, 0.2) is 60.7 Å². The van der Waals surface area contributed by atoms with E-state index in [-0.39, 0.29) is 18.4 Å². The van der Waals surface area contributed by atoms with E-state index in [0.717, 1.165) is 20.3 Å². The van der Waals surface area contributed by atoms with Gasteiger partial charge < -0.3 is 20.3 Å². The highest BCUT2D eigenvalue weighted by molar-refractivity contribution is 7.29. The minimum atomic E-state index is -0.578. The van der Waals surface area contributed by atoms with E-state index in [9.17, 15) is 14.4 Å². The topological polar surface area (TPSA) is 101 Å². The number of nitrogens with zero attached hydrogens (tertiary/aromatic N) is 2. The number of nitrogens with one attached hydrogen (secondary N) is 2. The number of thiophene rings is 1. The number of carbonyl (C=O) groups excluding carboxylic acids is 3. The molecule has 5 rings (SSSR count). The highest BCUT2D eigenvalue weighted by Gasteiger charge is 2.30. The number of carbonyl (C=O) groups is 3. The van der Waals surface area contributed by atoms with E-state index in [1.165, 1.54) is 27.6 Å². The molecule has 0 aliphatic carbocycles. The number of esters is 1. The molecule has 0 radical (unpaired) electrons. The molecule has 8 nitrogen and oxygen atoms in total. The number of anilines is 4. The number of rotatable bonds is 5. The monoisotopic (exact) mass is 492 g/mol. The number of aromatic nitrogens is 1. The summed E-state index contributed by atoms with van der Waals surface area (Å²) in [5.41, 5.74) is 2.07. The molecule has 2 aromatic carbocycles. The second-order valence-electron chi connectivity index (χ2n) is 7.75. The molecule has 2 amide bonds. The zero-order valence-electron chi connectivity index (χ0n) is 18.1. The van der Waals surface area contributed by atoms with Crippen molar-refractivity contribution < 1.29 is 19.1 Å². The van der Waals surface area contributed by atoms with Crippen molar-refractivity contribution in [3.63, 3.8) is 0 Å². The van der Waals surface area contributed by atoms with Crippen molar-refractivity contribution in [3.8, 4) is 0 Å². The van der Waals surface area contributed by atoms with Gasteiger partial charge in [0.2, 0.25) is 5.91 Å². The summed E-state index contributed by atoms with van der Waals surface area (Å²) in [6.45, 7) is 1.37. The van der Waals surface area contributed by atoms with E-state index in [4.69, 9.17) is 4.74 Å². The van der Waals surface area contributed by atoms with E-state index in [1.54, 1.807) is 37.3 Å². The van der Waals surface area contributed by atoms with Gasteiger partial charge >= 0.3 is 5.97 Å². The smallest absolute Gasteiger partial charge is 0.348 e. The van der Waals surface area contributed by atoms with Crippen LogP contribution in [0.25, 0.3) is 9.53 Å². The first-order chi connectivity index (χ1) is 16.5. The molecule has 172 valence electrons. The molecule has 2 aromatic heterocycles. The standard InChI is InChI=1S/C24H20N4O4S2/c1-14-11-20(29)26-16-9-5-6-10-17(16)28(14)21(30)13-32-23(31)19-12-18-22(33-19)27-24(34-18)25-15-7-3-2-4-8-15/h2-10,12,14H,11,13H2,1H3,(H,25,27)(H,26,29). The van der Waals surface area contributed by atoms with Crippen LogP contribution in [-0.4, -0.2) is 35.4 Å². The predicted octanol–water partition coefficient (Wildman–Crippen LogP) is 5.02. The zero-order valence-corrected chi connectivity index (χ0v) is 19.7. The number of hydrogen-bond donors (Lipinski definition) is 2. The summed E-state index contributed by atoms with van der Waals surface area (Å²) in [6, 6.07) is 18.2. The molecule has 0 spiro atoms. The minimum Gasteiger partial charge on any atom is -0.451 e. The predicted molar refractivity (Wildman–Crippen MR) is 134 cm³/mol. The molecule has 1 unspecified atom stereocenters. The molecule has 0 fully saturated rings. The number of fused-ring (bicyclic) bond motifs is 2. The van der Waals surface area contributed by atoms with Crippen LogP contribution in [0, 0.1) is 0 Å². The van der Waals surface area contributed by atoms with E-state index in [1.807, 2.05) is 30.3 Å². The van der Waals surface area contributed by atoms with E-state index >= 15 is 0 Å². The lowest BCUT2D eigenvalue weighted by molar-refractivity contribution is -0.122. The summed E-state index contributed by atoms with van der Waals surface area (Å²) in [4.78, 5) is 44.9. The summed E-state index contributed by atoms with van der Waals surface area (Å²) < 4.78 is 6.20. The third kappa shape index (κ3) is 4.50. The quantitative estimate of drug-likeness (QED) is 0.379. The van der Waals surface area contributed by atoms with Crippen LogP contribution in [0.3, 0.4) is 0 Å². The molecule has 1 aliphatic heterocycles. The van der Waals surface area contributed by atoms with Gasteiger partial charge in [-0.25, -0.2) is 9.78 Å². The fourth-order valence-corrected chi connectivity index (χ4v) is 5.80. The van der Waals surface area contributed by atoms with Crippen molar-refractivity contribution in [2.45, 2.75) is 19.4 Å². The lowest BCUT2D eigenvalue weighted by Gasteiger charge is -2.27. The van der Waals surface area contributed by atoms with Crippen molar-refractivity contribution >= 4 is 72.2 Å². The summed E-state index contributed by atoms with van der Waals surface area (Å²) in [7, 11) is 0. The van der Waals surface area contributed by atoms with Crippen molar-refractivity contribution in [1.82, 2.24) is 4.98 Å². The largest absolute Gasteiger partial charge is 0.451 e. The van der Waals surface area contributed by atoms with Crippen LogP contribution in [0.2, 0.25) is 0 Å². The normalized spacial score (nSPS) is 15.4. The Hall–Kier alpha value is -3.76. The first-order valence-electron chi connectivity index (χ1n) is 10.6. The van der Waals surface area contributed by atoms with E-state index in [2.05, 4.69) is 15.6 Å². The van der Waals surface area contributed by atoms with E-state index < -0.39 is 18.5 Å². The molecular weight excluding hydrogens is 472 g/mol. The molecule has 2 N–H and O–H groups in total. The highest BCUT2D eigenvalue weighted by atomic mass is 32.1. The van der Waals surface area contributed by atoms with Gasteiger partial charge in [0.05, 0.1) is 16.1 Å². The number of thiazole rings is 1. The number of para-hydroxylation sites is 3. The Kier molecular flexibility index (Phi) is 5.99. The van der Waals surface area contributed by atoms with Gasteiger partial charge in [0.1, 0.15) is 9.71 Å². The Morgan fingerprint density at radius 2 is 1.91 bits per heavy atom. The first-order valence-corrected chi connectivity index (χ1v) is 12.2. The maximum absolute atomic E-state index is 13.0. The summed E-state index contributed by atoms with van der Waals surface area (Å²) in [5, 5.41) is 6.79. The van der Waals surface area contributed by atoms with Gasteiger partial charge in [-0.2, -0.15) is 0 Å². The van der Waals surface area contributed by atoms with Crippen molar-refractivity contribution in [3.05, 3.63) is 65.5 Å². The highest BCUT2D eigenvalue weighted by Crippen LogP contribution is 2.35. The third-order valence-electron chi connectivity index (χ3n) is 5.27. The summed E-state index contributed by atoms with van der Waals surface area (Å²) >= 11 is 2.66. The SMILES string of the molecule is CC1CC(=O)Nc2ccccc2N1C(=O)COC(=O)c1cc2sc(Nc3ccccc3)nc2s1. The second-order valence-corrected chi connectivity index (χ2v) is 9.81. The van der Waals surface area contributed by atoms with Crippen LogP contribution < -0.4 is 15.5 Å². The van der Waals surface area contributed by atoms with Gasteiger partial charge in [-0.05, 0) is 37.3 Å². The Labute approximate surface area is 203 Å². The molecule has 1 aliphatic rings. The number of ether oxygens (including phenoxy) is 1. The molecule has 0 bridgehead atoms. The van der Waals surface area contributed by atoms with Crippen LogP contribution in [0.5, 0.6) is 0 Å². The van der Waals surface area contributed by atoms with Gasteiger partial charge in [0.25, 0.3) is 5.91 Å². The minimum absolute atomic E-state index is 0.153. The average molecular weight is 493 g/mol. The fraction of sp³-hybridized carbons (Fsp3) is 0.167. The summed E-state index contributed by atoms with van der Waals surface area (Å²) in [5.74, 6) is -1.14. The van der Waals surface area contributed by atoms with Crippen LogP contribution in [0.1, 0.15) is 23.0 Å². The molecule has 10 heteroatoms. The molecule has 4 aromatic rings. The van der Waals surface area contributed by atoms with Gasteiger partial charge in [-0.15, -0.1) is 11.3 Å². The number of benzene rings is 2. The fourth-order valence-electron chi connectivity index (χ4n) is 3.77. The van der Waals surface area contributed by atoms with E-state index in [0.29, 0.717) is 16.3 Å². The van der Waals surface area contributed by atoms with Gasteiger partial charge in [-0.1, -0.05) is 41.7 Å². The Balaban J connectivity index is 1.26. The van der Waals surface area contributed by atoms with Crippen LogP contribution >= 0.6 is 22.7 Å². The van der Waals surface area contributed by atoms with Crippen molar-refractivity contribution in [2.24, 2.45) is 0 Å². The van der Waals surface area contributed by atoms with Crippen molar-refractivity contribution in [1.29, 1.82) is 0 Å². The van der Waals surface area contributed by atoms with Crippen LogP contribution in [0.4, 0.5) is 22.2 Å². The molecular formula is C24H20N4O4S2. The maximum atomic E-state index is 13.0. The maximum Gasteiger partial charge on any atom is 0.348 e. The van der Waals surface area contributed by atoms with Gasteiger partial charge in [0, 0.05) is 18.2 Å². The molecule has 0 saturated carbocycles. The van der Waals surface area contributed by atoms with Crippen molar-refractivity contribution in [2.75, 3.05) is 22.1 Å². The Morgan fingerprint density at radius 1 is 1.15 bits per heavy atom. The number of amides is 2. The second kappa shape index (κ2) is 9.24. The van der Waals surface area contributed by atoms with Crippen LogP contribution in [-0.2, 0) is 14.3 Å². The first kappa shape index (κ1) is 22.1. The Morgan fingerprint density at radius 3 is 2.71 bits per heavy atom. The average Bonchev–Trinajstić information content (AvgIpc) is 3.34. The lowest BCUT2D eigenvalue weighted by Crippen LogP contribution is -2.41. The molecule has 0 saturated heterocycles. The molecule has 3 heterocycles. The molecule has 1 atom stereocenters. The van der Waals surface area contributed by atoms with Gasteiger partial charge in [0.15, 0.2) is 11.7 Å². The lowest BCUT2D eigenvalue weighted by atomic mass is 10.1. The Bertz CT molecular complexity index is 1350. The third-order valence-corrected chi connectivity index (χ3v) is 7.33. The van der Waals surface area contributed by atoms with Gasteiger partial charge in [-0.3, -0.25) is 9.59 Å².